The first-order chi connectivity index (χ1) is 5.25. The van der Waals surface area contributed by atoms with Crippen LogP contribution in [-0.4, -0.2) is 15.2 Å². The number of nitrogens with one attached hydrogen (secondary N) is 1. The van der Waals surface area contributed by atoms with Crippen molar-refractivity contribution < 1.29 is 0 Å². The molecular formula is C7H9N3S. The summed E-state index contributed by atoms with van der Waals surface area (Å²) in [6, 6.07) is 0. The maximum absolute atomic E-state index is 5.43. The summed E-state index contributed by atoms with van der Waals surface area (Å²) in [5, 5.41) is 6.66. The summed E-state index contributed by atoms with van der Waals surface area (Å²) in [4.78, 5) is 0.371. The van der Waals surface area contributed by atoms with Crippen LogP contribution in [0.3, 0.4) is 0 Å². The summed E-state index contributed by atoms with van der Waals surface area (Å²) in [5.74, 6) is 0. The maximum Gasteiger partial charge on any atom is 0.107 e. The lowest BCUT2D eigenvalue weighted by Crippen LogP contribution is -2.10. The Labute approximate surface area is 70.3 Å². The highest BCUT2D eigenvalue weighted by Gasteiger charge is 2.04. The number of hydrogen-bond donors (Lipinski definition) is 2. The minimum Gasteiger partial charge on any atom is -0.389 e. The number of nitrogens with zero attached hydrogens (tertiary/aromatic N) is 1. The number of aromatic amines is 1. The molecule has 0 atom stereocenters. The highest BCUT2D eigenvalue weighted by Crippen LogP contribution is 2.04. The second-order valence-corrected chi connectivity index (χ2v) is 2.54. The van der Waals surface area contributed by atoms with Crippen LogP contribution in [0.1, 0.15) is 11.3 Å². The van der Waals surface area contributed by atoms with Gasteiger partial charge in [-0.1, -0.05) is 18.3 Å². The standard InChI is InChI=1S/C7H9N3S/c1-2-3-6-5(7(8)11)4-9-10-6/h2,4H,1,3H2,(H2,8,11)(H,9,10). The van der Waals surface area contributed by atoms with Gasteiger partial charge >= 0.3 is 0 Å². The molecule has 1 rings (SSSR count). The molecule has 1 heterocycles. The van der Waals surface area contributed by atoms with Crippen LogP contribution < -0.4 is 5.73 Å². The van der Waals surface area contributed by atoms with Crippen LogP contribution >= 0.6 is 12.2 Å². The summed E-state index contributed by atoms with van der Waals surface area (Å²) in [6.45, 7) is 3.60. The third-order valence-corrected chi connectivity index (χ3v) is 1.54. The highest BCUT2D eigenvalue weighted by atomic mass is 32.1. The van der Waals surface area contributed by atoms with Crippen LogP contribution in [0.2, 0.25) is 0 Å². The minimum absolute atomic E-state index is 0.371. The number of rotatable bonds is 3. The zero-order valence-electron chi connectivity index (χ0n) is 6.00. The molecular weight excluding hydrogens is 158 g/mol. The second-order valence-electron chi connectivity index (χ2n) is 2.10. The summed E-state index contributed by atoms with van der Waals surface area (Å²) < 4.78 is 0. The average Bonchev–Trinajstić information content (AvgIpc) is 2.36. The molecule has 3 N–H and O–H groups in total. The Kier molecular flexibility index (Phi) is 2.38. The summed E-state index contributed by atoms with van der Waals surface area (Å²) in [7, 11) is 0. The van der Waals surface area contributed by atoms with Gasteiger partial charge in [0.1, 0.15) is 4.99 Å². The average molecular weight is 167 g/mol. The molecule has 0 aliphatic rings. The van der Waals surface area contributed by atoms with Crippen LogP contribution in [0.25, 0.3) is 0 Å². The molecule has 0 fully saturated rings. The molecule has 0 saturated heterocycles. The van der Waals surface area contributed by atoms with Gasteiger partial charge in [-0.2, -0.15) is 5.10 Å². The van der Waals surface area contributed by atoms with Crippen molar-refractivity contribution in [3.05, 3.63) is 30.1 Å². The molecule has 0 spiro atoms. The lowest BCUT2D eigenvalue weighted by atomic mass is 10.2. The van der Waals surface area contributed by atoms with E-state index in [1.54, 1.807) is 12.3 Å². The highest BCUT2D eigenvalue weighted by molar-refractivity contribution is 7.80. The van der Waals surface area contributed by atoms with Gasteiger partial charge in [-0.05, 0) is 0 Å². The van der Waals surface area contributed by atoms with E-state index in [0.29, 0.717) is 11.4 Å². The topological polar surface area (TPSA) is 54.7 Å². The van der Waals surface area contributed by atoms with Gasteiger partial charge in [0, 0.05) is 18.2 Å². The summed E-state index contributed by atoms with van der Waals surface area (Å²) >= 11 is 4.80. The third-order valence-electron chi connectivity index (χ3n) is 1.32. The van der Waals surface area contributed by atoms with Crippen molar-refractivity contribution in [3.63, 3.8) is 0 Å². The molecule has 0 amide bonds. The Hall–Kier alpha value is -1.16. The molecule has 3 nitrogen and oxygen atoms in total. The number of hydrogen-bond acceptors (Lipinski definition) is 2. The fraction of sp³-hybridized carbons (Fsp3) is 0.143. The minimum atomic E-state index is 0.371. The largest absolute Gasteiger partial charge is 0.389 e. The van der Waals surface area contributed by atoms with Crippen molar-refractivity contribution in [1.29, 1.82) is 0 Å². The van der Waals surface area contributed by atoms with E-state index in [0.717, 1.165) is 11.3 Å². The van der Waals surface area contributed by atoms with E-state index in [9.17, 15) is 0 Å². The molecule has 0 radical (unpaired) electrons. The predicted molar refractivity (Wildman–Crippen MR) is 48.4 cm³/mol. The van der Waals surface area contributed by atoms with Crippen molar-refractivity contribution in [1.82, 2.24) is 10.2 Å². The van der Waals surface area contributed by atoms with Gasteiger partial charge < -0.3 is 5.73 Å². The van der Waals surface area contributed by atoms with Gasteiger partial charge in [0.25, 0.3) is 0 Å². The monoisotopic (exact) mass is 167 g/mol. The molecule has 11 heavy (non-hydrogen) atoms. The Bertz CT molecular complexity index is 277. The fourth-order valence-electron chi connectivity index (χ4n) is 0.824. The molecule has 0 bridgehead atoms. The number of thiocarbonyl (C=S) groups is 1. The van der Waals surface area contributed by atoms with Crippen LogP contribution in [0, 0.1) is 0 Å². The molecule has 1 aromatic heterocycles. The summed E-state index contributed by atoms with van der Waals surface area (Å²) in [5.41, 5.74) is 7.09. The smallest absolute Gasteiger partial charge is 0.107 e. The molecule has 58 valence electrons. The van der Waals surface area contributed by atoms with Gasteiger partial charge in [0.05, 0.1) is 5.69 Å². The van der Waals surface area contributed by atoms with Crippen molar-refractivity contribution in [2.45, 2.75) is 6.42 Å². The van der Waals surface area contributed by atoms with E-state index < -0.39 is 0 Å². The van der Waals surface area contributed by atoms with Gasteiger partial charge in [-0.15, -0.1) is 6.58 Å². The lowest BCUT2D eigenvalue weighted by Gasteiger charge is -1.94. The number of allylic oxidation sites excluding steroid dienone is 1. The molecule has 4 heteroatoms. The van der Waals surface area contributed by atoms with E-state index >= 15 is 0 Å². The Morgan fingerprint density at radius 1 is 1.91 bits per heavy atom. The van der Waals surface area contributed by atoms with Crippen molar-refractivity contribution in [3.8, 4) is 0 Å². The first-order valence-corrected chi connectivity index (χ1v) is 3.60. The Morgan fingerprint density at radius 2 is 2.64 bits per heavy atom. The number of nitrogens with two attached hydrogens (primary N) is 1. The lowest BCUT2D eigenvalue weighted by molar-refractivity contribution is 1.01. The van der Waals surface area contributed by atoms with Gasteiger partial charge in [0.2, 0.25) is 0 Å². The molecule has 0 saturated carbocycles. The van der Waals surface area contributed by atoms with Crippen molar-refractivity contribution in [2.75, 3.05) is 0 Å². The number of H-pyrrole nitrogens is 1. The first kappa shape index (κ1) is 7.94. The SMILES string of the molecule is C=CCc1n[nH]cc1C(N)=S. The molecule has 0 aromatic carbocycles. The van der Waals surface area contributed by atoms with E-state index in [2.05, 4.69) is 16.8 Å². The normalized spacial score (nSPS) is 9.45. The van der Waals surface area contributed by atoms with Crippen LogP contribution in [0.15, 0.2) is 18.9 Å². The van der Waals surface area contributed by atoms with Crippen LogP contribution in [0.5, 0.6) is 0 Å². The Morgan fingerprint density at radius 3 is 3.18 bits per heavy atom. The van der Waals surface area contributed by atoms with E-state index in [1.165, 1.54) is 0 Å². The molecule has 0 aliphatic heterocycles. The van der Waals surface area contributed by atoms with E-state index in [1.807, 2.05) is 0 Å². The van der Waals surface area contributed by atoms with Crippen molar-refractivity contribution >= 4 is 17.2 Å². The van der Waals surface area contributed by atoms with Gasteiger partial charge in [-0.3, -0.25) is 5.10 Å². The summed E-state index contributed by atoms with van der Waals surface area (Å²) in [6.07, 6.45) is 4.15. The number of aromatic nitrogens is 2. The molecule has 0 aliphatic carbocycles. The molecule has 0 unspecified atom stereocenters. The quantitative estimate of drug-likeness (QED) is 0.516. The van der Waals surface area contributed by atoms with Crippen LogP contribution in [0.4, 0.5) is 0 Å². The maximum atomic E-state index is 5.43. The van der Waals surface area contributed by atoms with Gasteiger partial charge in [0.15, 0.2) is 0 Å². The van der Waals surface area contributed by atoms with Crippen LogP contribution in [-0.2, 0) is 6.42 Å². The fourth-order valence-corrected chi connectivity index (χ4v) is 1.00. The predicted octanol–water partition coefficient (Wildman–Crippen LogP) is 0.772. The zero-order chi connectivity index (χ0) is 8.27. The Balaban J connectivity index is 2.95. The third kappa shape index (κ3) is 1.65. The van der Waals surface area contributed by atoms with Gasteiger partial charge in [-0.25, -0.2) is 0 Å². The molecule has 1 aromatic rings. The van der Waals surface area contributed by atoms with E-state index in [-0.39, 0.29) is 0 Å². The first-order valence-electron chi connectivity index (χ1n) is 3.19. The van der Waals surface area contributed by atoms with E-state index in [4.69, 9.17) is 18.0 Å². The zero-order valence-corrected chi connectivity index (χ0v) is 6.82. The second kappa shape index (κ2) is 3.30. The van der Waals surface area contributed by atoms with Crippen molar-refractivity contribution in [2.24, 2.45) is 5.73 Å².